The third-order valence-electron chi connectivity index (χ3n) is 4.97. The van der Waals surface area contributed by atoms with Crippen molar-refractivity contribution in [3.8, 4) is 11.3 Å². The van der Waals surface area contributed by atoms with Gasteiger partial charge < -0.3 is 10.7 Å². The molecule has 0 amide bonds. The van der Waals surface area contributed by atoms with Crippen LogP contribution in [0.1, 0.15) is 24.3 Å². The summed E-state index contributed by atoms with van der Waals surface area (Å²) < 4.78 is 41.2. The number of nitrogens with one attached hydrogen (secondary N) is 1. The Labute approximate surface area is 137 Å². The first kappa shape index (κ1) is 15.3. The topological polar surface area (TPSA) is 41.8 Å². The van der Waals surface area contributed by atoms with E-state index >= 15 is 0 Å². The molecule has 0 radical (unpaired) electrons. The van der Waals surface area contributed by atoms with Crippen LogP contribution in [0.2, 0.25) is 0 Å². The van der Waals surface area contributed by atoms with Gasteiger partial charge in [-0.3, -0.25) is 0 Å². The highest BCUT2D eigenvalue weighted by Crippen LogP contribution is 2.47. The summed E-state index contributed by atoms with van der Waals surface area (Å²) in [5, 5.41) is 0.562. The van der Waals surface area contributed by atoms with Crippen molar-refractivity contribution in [1.82, 2.24) is 4.98 Å². The van der Waals surface area contributed by atoms with Crippen LogP contribution in [0.5, 0.6) is 0 Å². The molecule has 0 aliphatic heterocycles. The molecule has 1 fully saturated rings. The number of hydrogen-bond acceptors (Lipinski definition) is 1. The zero-order chi connectivity index (χ0) is 16.8. The largest absolute Gasteiger partial charge is 0.352 e. The number of hydrogen-bond donors (Lipinski definition) is 2. The van der Waals surface area contributed by atoms with E-state index in [-0.39, 0.29) is 11.7 Å². The zero-order valence-corrected chi connectivity index (χ0v) is 13.0. The number of aromatic nitrogens is 1. The molecule has 0 spiro atoms. The molecule has 2 nitrogen and oxygen atoms in total. The lowest BCUT2D eigenvalue weighted by Gasteiger charge is -2.35. The van der Waals surface area contributed by atoms with E-state index < -0.39 is 11.6 Å². The van der Waals surface area contributed by atoms with Crippen LogP contribution < -0.4 is 5.73 Å². The van der Waals surface area contributed by atoms with Crippen LogP contribution >= 0.6 is 0 Å². The average molecular weight is 330 g/mol. The van der Waals surface area contributed by atoms with E-state index in [9.17, 15) is 13.2 Å². The Morgan fingerprint density at radius 1 is 1.00 bits per heavy atom. The predicted octanol–water partition coefficient (Wildman–Crippen LogP) is 4.70. The van der Waals surface area contributed by atoms with Crippen molar-refractivity contribution in [2.24, 2.45) is 11.7 Å². The van der Waals surface area contributed by atoms with Gasteiger partial charge in [-0.15, -0.1) is 0 Å². The predicted molar refractivity (Wildman–Crippen MR) is 88.1 cm³/mol. The van der Waals surface area contributed by atoms with Crippen LogP contribution in [0.25, 0.3) is 22.2 Å². The summed E-state index contributed by atoms with van der Waals surface area (Å²) >= 11 is 0. The first-order chi connectivity index (χ1) is 11.6. The number of halogens is 3. The molecular formula is C19H17F3N2. The molecule has 1 saturated carbocycles. The van der Waals surface area contributed by atoms with Crippen LogP contribution in [-0.4, -0.2) is 11.5 Å². The fraction of sp³-hybridized carbons (Fsp3) is 0.263. The van der Waals surface area contributed by atoms with Crippen molar-refractivity contribution in [3.05, 3.63) is 59.4 Å². The number of rotatable bonds is 3. The molecule has 24 heavy (non-hydrogen) atoms. The van der Waals surface area contributed by atoms with Crippen LogP contribution in [0, 0.1) is 23.4 Å². The molecule has 5 heteroatoms. The Kier molecular flexibility index (Phi) is 3.61. The van der Waals surface area contributed by atoms with Gasteiger partial charge in [-0.25, -0.2) is 13.2 Å². The molecular weight excluding hydrogens is 313 g/mol. The molecule has 0 saturated heterocycles. The van der Waals surface area contributed by atoms with E-state index in [0.717, 1.165) is 35.7 Å². The molecule has 2 aromatic carbocycles. The lowest BCUT2D eigenvalue weighted by atomic mass is 9.70. The summed E-state index contributed by atoms with van der Waals surface area (Å²) in [6.45, 7) is 0.619. The van der Waals surface area contributed by atoms with Gasteiger partial charge in [0.15, 0.2) is 0 Å². The van der Waals surface area contributed by atoms with Crippen molar-refractivity contribution >= 4 is 10.9 Å². The summed E-state index contributed by atoms with van der Waals surface area (Å²) in [7, 11) is 0. The van der Waals surface area contributed by atoms with Crippen LogP contribution in [0.4, 0.5) is 13.2 Å². The Bertz CT molecular complexity index is 893. The maximum Gasteiger partial charge on any atom is 0.150 e. The van der Waals surface area contributed by atoms with Gasteiger partial charge in [-0.2, -0.15) is 0 Å². The molecule has 1 heterocycles. The lowest BCUT2D eigenvalue weighted by Crippen LogP contribution is -2.28. The normalized spacial score (nSPS) is 20.3. The lowest BCUT2D eigenvalue weighted by molar-refractivity contribution is 0.274. The highest BCUT2D eigenvalue weighted by Gasteiger charge is 2.33. The maximum absolute atomic E-state index is 14.2. The minimum Gasteiger partial charge on any atom is -0.352 e. The van der Waals surface area contributed by atoms with Crippen LogP contribution in [-0.2, 0) is 0 Å². The van der Waals surface area contributed by atoms with Crippen molar-refractivity contribution < 1.29 is 13.2 Å². The smallest absolute Gasteiger partial charge is 0.150 e. The standard InChI is InChI=1S/C19H17F3N2/c20-13-3-1-11(2-4-13)18-17(12-5-10(6-12)9-23)15-7-14(21)8-16(22)19(15)24-18/h1-4,7-8,10,12,24H,5-6,9,23H2. The molecule has 0 atom stereocenters. The van der Waals surface area contributed by atoms with Gasteiger partial charge in [-0.1, -0.05) is 0 Å². The number of aromatic amines is 1. The Morgan fingerprint density at radius 2 is 1.71 bits per heavy atom. The zero-order valence-electron chi connectivity index (χ0n) is 13.0. The first-order valence-corrected chi connectivity index (χ1v) is 8.03. The highest BCUT2D eigenvalue weighted by molar-refractivity contribution is 5.92. The van der Waals surface area contributed by atoms with E-state index in [0.29, 0.717) is 23.4 Å². The molecule has 1 aromatic heterocycles. The van der Waals surface area contributed by atoms with Gasteiger partial charge in [0.2, 0.25) is 0 Å². The fourth-order valence-corrected chi connectivity index (χ4v) is 3.67. The van der Waals surface area contributed by atoms with Gasteiger partial charge in [-0.05, 0) is 72.7 Å². The van der Waals surface area contributed by atoms with Gasteiger partial charge >= 0.3 is 0 Å². The van der Waals surface area contributed by atoms with E-state index in [1.54, 1.807) is 12.1 Å². The fourth-order valence-electron chi connectivity index (χ4n) is 3.67. The molecule has 1 aliphatic rings. The van der Waals surface area contributed by atoms with E-state index in [2.05, 4.69) is 4.98 Å². The van der Waals surface area contributed by atoms with E-state index in [4.69, 9.17) is 5.73 Å². The molecule has 3 aromatic rings. The van der Waals surface area contributed by atoms with Crippen molar-refractivity contribution in [2.45, 2.75) is 18.8 Å². The van der Waals surface area contributed by atoms with E-state index in [1.807, 2.05) is 0 Å². The van der Waals surface area contributed by atoms with E-state index in [1.165, 1.54) is 18.2 Å². The number of H-pyrrole nitrogens is 1. The second kappa shape index (κ2) is 5.67. The molecule has 4 rings (SSSR count). The SMILES string of the molecule is NCC1CC(c2c(-c3ccc(F)cc3)[nH]c3c(F)cc(F)cc23)C1. The Hall–Kier alpha value is -2.27. The molecule has 1 aliphatic carbocycles. The minimum absolute atomic E-state index is 0.202. The molecule has 3 N–H and O–H groups in total. The van der Waals surface area contributed by atoms with Crippen molar-refractivity contribution in [3.63, 3.8) is 0 Å². The molecule has 0 bridgehead atoms. The quantitative estimate of drug-likeness (QED) is 0.718. The Morgan fingerprint density at radius 3 is 2.38 bits per heavy atom. The molecule has 124 valence electrons. The minimum atomic E-state index is -0.616. The third kappa shape index (κ3) is 2.40. The van der Waals surface area contributed by atoms with Crippen molar-refractivity contribution in [2.75, 3.05) is 6.54 Å². The maximum atomic E-state index is 14.2. The highest BCUT2D eigenvalue weighted by atomic mass is 19.1. The summed E-state index contributed by atoms with van der Waals surface area (Å²) in [4.78, 5) is 3.08. The summed E-state index contributed by atoms with van der Waals surface area (Å²) in [6.07, 6.45) is 1.80. The van der Waals surface area contributed by atoms with Gasteiger partial charge in [0.05, 0.1) is 11.2 Å². The molecule has 0 unspecified atom stereocenters. The van der Waals surface area contributed by atoms with Crippen LogP contribution in [0.15, 0.2) is 36.4 Å². The Balaban J connectivity index is 1.91. The monoisotopic (exact) mass is 330 g/mol. The van der Waals surface area contributed by atoms with Crippen molar-refractivity contribution in [1.29, 1.82) is 0 Å². The van der Waals surface area contributed by atoms with Crippen LogP contribution in [0.3, 0.4) is 0 Å². The third-order valence-corrected chi connectivity index (χ3v) is 4.97. The second-order valence-corrected chi connectivity index (χ2v) is 6.50. The number of benzene rings is 2. The number of fused-ring (bicyclic) bond motifs is 1. The number of nitrogens with two attached hydrogens (primary N) is 1. The average Bonchev–Trinajstić information content (AvgIpc) is 2.87. The van der Waals surface area contributed by atoms with Gasteiger partial charge in [0, 0.05) is 11.5 Å². The first-order valence-electron chi connectivity index (χ1n) is 8.03. The summed E-state index contributed by atoms with van der Waals surface area (Å²) in [5.41, 5.74) is 8.40. The van der Waals surface area contributed by atoms with Gasteiger partial charge in [0.25, 0.3) is 0 Å². The summed E-state index contributed by atoms with van der Waals surface area (Å²) in [6, 6.07) is 8.28. The summed E-state index contributed by atoms with van der Waals surface area (Å²) in [5.74, 6) is -0.900. The second-order valence-electron chi connectivity index (χ2n) is 6.50. The van der Waals surface area contributed by atoms with Gasteiger partial charge in [0.1, 0.15) is 17.5 Å².